The van der Waals surface area contributed by atoms with Gasteiger partial charge in [0.1, 0.15) is 5.82 Å². The van der Waals surface area contributed by atoms with Crippen LogP contribution in [0.2, 0.25) is 0 Å². The molecule has 0 saturated carbocycles. The van der Waals surface area contributed by atoms with E-state index < -0.39 is 0 Å². The van der Waals surface area contributed by atoms with Crippen molar-refractivity contribution in [3.63, 3.8) is 0 Å². The van der Waals surface area contributed by atoms with Crippen molar-refractivity contribution in [2.24, 2.45) is 0 Å². The average molecular weight is 302 g/mol. The number of nitrogens with one attached hydrogen (secondary N) is 1. The molecule has 0 spiro atoms. The second kappa shape index (κ2) is 6.22. The van der Waals surface area contributed by atoms with E-state index in [0.29, 0.717) is 6.42 Å². The molecule has 1 atom stereocenters. The molecule has 2 aromatic heterocycles. The second-order valence-corrected chi connectivity index (χ2v) is 6.11. The van der Waals surface area contributed by atoms with Crippen LogP contribution >= 0.6 is 11.3 Å². The van der Waals surface area contributed by atoms with Gasteiger partial charge in [0, 0.05) is 18.5 Å². The normalized spacial score (nSPS) is 18.0. The summed E-state index contributed by atoms with van der Waals surface area (Å²) in [6, 6.07) is 4.05. The summed E-state index contributed by atoms with van der Waals surface area (Å²) in [4.78, 5) is 24.3. The first-order chi connectivity index (χ1) is 10.3. The number of thiophene rings is 1. The largest absolute Gasteiger partial charge is 0.372 e. The number of aromatic nitrogens is 2. The fraction of sp³-hybridized carbons (Fsp3) is 0.400. The number of carbonyl (C=O) groups is 1. The Morgan fingerprint density at radius 2 is 2.43 bits per heavy atom. The Balaban J connectivity index is 1.76. The smallest absolute Gasteiger partial charge is 0.228 e. The number of likely N-dealkylation sites (tertiary alicyclic amines) is 1. The molecule has 2 aromatic rings. The molecule has 0 aromatic carbocycles. The van der Waals surface area contributed by atoms with Gasteiger partial charge >= 0.3 is 0 Å². The maximum atomic E-state index is 12.5. The van der Waals surface area contributed by atoms with E-state index in [0.717, 1.165) is 35.8 Å². The summed E-state index contributed by atoms with van der Waals surface area (Å²) in [5, 5.41) is 5.00. The van der Waals surface area contributed by atoms with Crippen LogP contribution < -0.4 is 5.32 Å². The van der Waals surface area contributed by atoms with Gasteiger partial charge in [-0.05, 0) is 24.3 Å². The van der Waals surface area contributed by atoms with Gasteiger partial charge in [-0.25, -0.2) is 4.98 Å². The summed E-state index contributed by atoms with van der Waals surface area (Å²) in [5.41, 5.74) is 0.874. The molecule has 5 nitrogen and oxygen atoms in total. The summed E-state index contributed by atoms with van der Waals surface area (Å²) in [6.07, 6.45) is 5.91. The highest BCUT2D eigenvalue weighted by Gasteiger charge is 2.31. The molecule has 3 heterocycles. The monoisotopic (exact) mass is 302 g/mol. The Kier molecular flexibility index (Phi) is 4.15. The van der Waals surface area contributed by atoms with Crippen LogP contribution in [0.5, 0.6) is 0 Å². The standard InChI is InChI=1S/C15H18N4OS/c1-16-14-10-17-9-12(18-14)13-5-2-6-19(13)15(20)8-11-4-3-7-21-11/h3-4,7,9-10,13H,2,5-6,8H2,1H3,(H,16,18). The summed E-state index contributed by atoms with van der Waals surface area (Å²) in [7, 11) is 1.82. The minimum absolute atomic E-state index is 0.0539. The van der Waals surface area contributed by atoms with Crippen molar-refractivity contribution in [1.29, 1.82) is 0 Å². The summed E-state index contributed by atoms with van der Waals surface area (Å²) in [5.74, 6) is 0.918. The number of carbonyl (C=O) groups excluding carboxylic acids is 1. The minimum Gasteiger partial charge on any atom is -0.372 e. The van der Waals surface area contributed by atoms with Crippen LogP contribution in [-0.2, 0) is 11.2 Å². The molecular formula is C15H18N4OS. The number of rotatable bonds is 4. The molecule has 1 fully saturated rings. The molecule has 3 rings (SSSR count). The second-order valence-electron chi connectivity index (χ2n) is 5.08. The fourth-order valence-electron chi connectivity index (χ4n) is 2.70. The third-order valence-electron chi connectivity index (χ3n) is 3.73. The van der Waals surface area contributed by atoms with Crippen LogP contribution in [0.4, 0.5) is 5.82 Å². The van der Waals surface area contributed by atoms with Gasteiger partial charge in [-0.2, -0.15) is 0 Å². The minimum atomic E-state index is 0.0539. The van der Waals surface area contributed by atoms with E-state index in [1.165, 1.54) is 0 Å². The molecule has 21 heavy (non-hydrogen) atoms. The van der Waals surface area contributed by atoms with Gasteiger partial charge in [-0.3, -0.25) is 9.78 Å². The van der Waals surface area contributed by atoms with E-state index in [9.17, 15) is 4.79 Å². The molecule has 1 unspecified atom stereocenters. The molecule has 1 aliphatic heterocycles. The van der Waals surface area contributed by atoms with Crippen molar-refractivity contribution < 1.29 is 4.79 Å². The summed E-state index contributed by atoms with van der Waals surface area (Å²) < 4.78 is 0. The zero-order valence-electron chi connectivity index (χ0n) is 12.0. The molecule has 0 bridgehead atoms. The first-order valence-electron chi connectivity index (χ1n) is 7.09. The highest BCUT2D eigenvalue weighted by Crippen LogP contribution is 2.31. The van der Waals surface area contributed by atoms with Gasteiger partial charge in [0.25, 0.3) is 0 Å². The zero-order chi connectivity index (χ0) is 14.7. The van der Waals surface area contributed by atoms with Crippen molar-refractivity contribution >= 4 is 23.1 Å². The molecule has 1 amide bonds. The number of anilines is 1. The number of nitrogens with zero attached hydrogens (tertiary/aromatic N) is 3. The van der Waals surface area contributed by atoms with Crippen molar-refractivity contribution in [3.8, 4) is 0 Å². The van der Waals surface area contributed by atoms with Gasteiger partial charge in [-0.15, -0.1) is 11.3 Å². The van der Waals surface area contributed by atoms with E-state index in [2.05, 4.69) is 15.3 Å². The Labute approximate surface area is 128 Å². The van der Waals surface area contributed by atoms with E-state index in [1.807, 2.05) is 29.5 Å². The number of hydrogen-bond donors (Lipinski definition) is 1. The summed E-state index contributed by atoms with van der Waals surface area (Å²) in [6.45, 7) is 0.806. The molecule has 0 aliphatic carbocycles. The molecule has 1 saturated heterocycles. The van der Waals surface area contributed by atoms with Crippen LogP contribution in [0.15, 0.2) is 29.9 Å². The van der Waals surface area contributed by atoms with Crippen LogP contribution in [0, 0.1) is 0 Å². The average Bonchev–Trinajstić information content (AvgIpc) is 3.18. The van der Waals surface area contributed by atoms with Crippen LogP contribution in [0.3, 0.4) is 0 Å². The van der Waals surface area contributed by atoms with Gasteiger partial charge < -0.3 is 10.2 Å². The van der Waals surface area contributed by atoms with E-state index in [-0.39, 0.29) is 11.9 Å². The SMILES string of the molecule is CNc1cncc(C2CCCN2C(=O)Cc2cccs2)n1. The van der Waals surface area contributed by atoms with Gasteiger partial charge in [0.2, 0.25) is 5.91 Å². The maximum absolute atomic E-state index is 12.5. The molecule has 6 heteroatoms. The molecule has 1 aliphatic rings. The predicted octanol–water partition coefficient (Wildman–Crippen LogP) is 2.49. The van der Waals surface area contributed by atoms with Crippen molar-refractivity contribution in [1.82, 2.24) is 14.9 Å². The first kappa shape index (κ1) is 14.0. The van der Waals surface area contributed by atoms with Crippen molar-refractivity contribution in [2.45, 2.75) is 25.3 Å². The van der Waals surface area contributed by atoms with Gasteiger partial charge in [0.15, 0.2) is 0 Å². The van der Waals surface area contributed by atoms with Crippen molar-refractivity contribution in [3.05, 3.63) is 40.5 Å². The Morgan fingerprint density at radius 3 is 3.19 bits per heavy atom. The highest BCUT2D eigenvalue weighted by molar-refractivity contribution is 7.10. The highest BCUT2D eigenvalue weighted by atomic mass is 32.1. The lowest BCUT2D eigenvalue weighted by Gasteiger charge is -2.24. The lowest BCUT2D eigenvalue weighted by atomic mass is 10.1. The Hall–Kier alpha value is -1.95. The predicted molar refractivity (Wildman–Crippen MR) is 83.3 cm³/mol. The van der Waals surface area contributed by atoms with E-state index >= 15 is 0 Å². The zero-order valence-corrected chi connectivity index (χ0v) is 12.8. The Bertz CT molecular complexity index is 614. The third kappa shape index (κ3) is 3.05. The Morgan fingerprint density at radius 1 is 1.52 bits per heavy atom. The topological polar surface area (TPSA) is 58.1 Å². The molecular weight excluding hydrogens is 284 g/mol. The lowest BCUT2D eigenvalue weighted by molar-refractivity contribution is -0.131. The quantitative estimate of drug-likeness (QED) is 0.942. The van der Waals surface area contributed by atoms with Gasteiger partial charge in [0.05, 0.1) is 30.6 Å². The first-order valence-corrected chi connectivity index (χ1v) is 7.97. The third-order valence-corrected chi connectivity index (χ3v) is 4.61. The molecule has 110 valence electrons. The van der Waals surface area contributed by atoms with E-state index in [4.69, 9.17) is 0 Å². The van der Waals surface area contributed by atoms with Gasteiger partial charge in [-0.1, -0.05) is 6.07 Å². The number of hydrogen-bond acceptors (Lipinski definition) is 5. The lowest BCUT2D eigenvalue weighted by Crippen LogP contribution is -2.32. The van der Waals surface area contributed by atoms with Crippen LogP contribution in [0.25, 0.3) is 0 Å². The molecule has 1 N–H and O–H groups in total. The van der Waals surface area contributed by atoms with Crippen LogP contribution in [0.1, 0.15) is 29.5 Å². The van der Waals surface area contributed by atoms with Crippen molar-refractivity contribution in [2.75, 3.05) is 18.9 Å². The maximum Gasteiger partial charge on any atom is 0.228 e. The summed E-state index contributed by atoms with van der Waals surface area (Å²) >= 11 is 1.63. The van der Waals surface area contributed by atoms with E-state index in [1.54, 1.807) is 23.7 Å². The van der Waals surface area contributed by atoms with Crippen LogP contribution in [-0.4, -0.2) is 34.4 Å². The fourth-order valence-corrected chi connectivity index (χ4v) is 3.39. The number of amides is 1. The molecule has 0 radical (unpaired) electrons.